The molecule has 2 aromatic carbocycles. The van der Waals surface area contributed by atoms with Crippen LogP contribution in [-0.2, 0) is 10.0 Å². The van der Waals surface area contributed by atoms with Gasteiger partial charge in [-0.1, -0.05) is 24.3 Å². The summed E-state index contributed by atoms with van der Waals surface area (Å²) in [7, 11) is -3.70. The zero-order chi connectivity index (χ0) is 17.8. The minimum atomic E-state index is -3.70. The van der Waals surface area contributed by atoms with E-state index in [0.717, 1.165) is 24.0 Å². The molecule has 130 valence electrons. The second-order valence-electron chi connectivity index (χ2n) is 7.34. The summed E-state index contributed by atoms with van der Waals surface area (Å²) in [6.45, 7) is 1.76. The molecule has 1 fully saturated rings. The minimum absolute atomic E-state index is 0.110. The average molecular weight is 357 g/mol. The average Bonchev–Trinajstić information content (AvgIpc) is 3.20. The molecule has 1 saturated carbocycles. The van der Waals surface area contributed by atoms with E-state index in [1.165, 1.54) is 24.0 Å². The highest BCUT2D eigenvalue weighted by atomic mass is 32.2. The summed E-state index contributed by atoms with van der Waals surface area (Å²) in [4.78, 5) is 0.110. The third-order valence-corrected chi connectivity index (χ3v) is 6.41. The van der Waals surface area contributed by atoms with Crippen LogP contribution in [0.3, 0.4) is 0 Å². The molecule has 0 aromatic heterocycles. The molecule has 2 N–H and O–H groups in total. The summed E-state index contributed by atoms with van der Waals surface area (Å²) >= 11 is 0. The van der Waals surface area contributed by atoms with Gasteiger partial charge in [0.25, 0.3) is 0 Å². The first-order chi connectivity index (χ1) is 11.8. The van der Waals surface area contributed by atoms with Gasteiger partial charge in [-0.25, -0.2) is 17.9 Å². The molecule has 2 aliphatic carbocycles. The molecule has 0 atom stereocenters. The van der Waals surface area contributed by atoms with Crippen molar-refractivity contribution in [2.24, 2.45) is 10.6 Å². The molecule has 0 radical (unpaired) electrons. The molecule has 0 heterocycles. The van der Waals surface area contributed by atoms with Crippen LogP contribution >= 0.6 is 0 Å². The van der Waals surface area contributed by atoms with Crippen LogP contribution in [-0.4, -0.2) is 8.42 Å². The van der Waals surface area contributed by atoms with Gasteiger partial charge < -0.3 is 0 Å². The van der Waals surface area contributed by atoms with E-state index in [4.69, 9.17) is 5.14 Å². The third kappa shape index (κ3) is 3.02. The van der Waals surface area contributed by atoms with Crippen LogP contribution in [0.2, 0.25) is 0 Å². The first-order valence-corrected chi connectivity index (χ1v) is 9.94. The van der Waals surface area contributed by atoms with Crippen LogP contribution in [0.1, 0.15) is 42.4 Å². The molecule has 1 spiro atoms. The maximum Gasteiger partial charge on any atom is 0.238 e. The fourth-order valence-electron chi connectivity index (χ4n) is 3.74. The largest absolute Gasteiger partial charge is 0.238 e. The maximum absolute atomic E-state index is 14.1. The van der Waals surface area contributed by atoms with Crippen molar-refractivity contribution in [2.75, 3.05) is 0 Å². The summed E-state index contributed by atoms with van der Waals surface area (Å²) < 4.78 is 37.0. The molecule has 3 nitrogen and oxygen atoms in total. The van der Waals surface area contributed by atoms with Crippen LogP contribution in [0.4, 0.5) is 4.39 Å². The molecular weight excluding hydrogens is 337 g/mol. The zero-order valence-electron chi connectivity index (χ0n) is 14.0. The van der Waals surface area contributed by atoms with Gasteiger partial charge in [0.2, 0.25) is 10.0 Å². The second-order valence-corrected chi connectivity index (χ2v) is 8.91. The smallest absolute Gasteiger partial charge is 0.225 e. The Labute approximate surface area is 147 Å². The van der Waals surface area contributed by atoms with Crippen molar-refractivity contribution in [3.63, 3.8) is 0 Å². The fourth-order valence-corrected chi connectivity index (χ4v) is 4.25. The molecule has 4 rings (SSSR count). The van der Waals surface area contributed by atoms with Gasteiger partial charge in [0.05, 0.1) is 4.90 Å². The van der Waals surface area contributed by atoms with Gasteiger partial charge >= 0.3 is 0 Å². The van der Waals surface area contributed by atoms with E-state index < -0.39 is 10.0 Å². The van der Waals surface area contributed by atoms with Crippen LogP contribution in [0.25, 0.3) is 11.1 Å². The Kier molecular flexibility index (Phi) is 3.63. The maximum atomic E-state index is 14.1. The van der Waals surface area contributed by atoms with Gasteiger partial charge in [0.15, 0.2) is 0 Å². The summed E-state index contributed by atoms with van der Waals surface area (Å²) in [5.41, 5.74) is 5.26. The number of halogens is 1. The SMILES string of the molecule is Cc1ccc(C2=C(c3ccc(S(N)(=O)=O)cc3)CC3(CC3)C2)cc1F. The predicted octanol–water partition coefficient (Wildman–Crippen LogP) is 4.27. The van der Waals surface area contributed by atoms with Crippen LogP contribution in [0.5, 0.6) is 0 Å². The summed E-state index contributed by atoms with van der Waals surface area (Å²) in [6, 6.07) is 12.1. The summed E-state index contributed by atoms with van der Waals surface area (Å²) in [5.74, 6) is -0.189. The highest BCUT2D eigenvalue weighted by Crippen LogP contribution is 2.63. The lowest BCUT2D eigenvalue weighted by Gasteiger charge is -2.10. The predicted molar refractivity (Wildman–Crippen MR) is 96.7 cm³/mol. The van der Waals surface area contributed by atoms with Crippen LogP contribution < -0.4 is 5.14 Å². The monoisotopic (exact) mass is 357 g/mol. The Morgan fingerprint density at radius 2 is 1.52 bits per heavy atom. The Bertz CT molecular complexity index is 987. The van der Waals surface area contributed by atoms with Gasteiger partial charge in [-0.05, 0) is 84.1 Å². The Morgan fingerprint density at radius 1 is 0.960 bits per heavy atom. The van der Waals surface area contributed by atoms with Gasteiger partial charge in [-0.3, -0.25) is 0 Å². The lowest BCUT2D eigenvalue weighted by molar-refractivity contribution is 0.568. The number of sulfonamides is 1. The fraction of sp³-hybridized carbons (Fsp3) is 0.300. The normalized spacial score (nSPS) is 18.8. The van der Waals surface area contributed by atoms with E-state index in [0.29, 0.717) is 11.0 Å². The molecule has 0 aliphatic heterocycles. The molecule has 0 bridgehead atoms. The molecule has 5 heteroatoms. The van der Waals surface area contributed by atoms with Crippen molar-refractivity contribution >= 4 is 21.2 Å². The number of aryl methyl sites for hydroxylation is 1. The van der Waals surface area contributed by atoms with E-state index in [-0.39, 0.29) is 10.7 Å². The topological polar surface area (TPSA) is 60.2 Å². The number of allylic oxidation sites excluding steroid dienone is 2. The number of hydrogen-bond donors (Lipinski definition) is 1. The molecule has 25 heavy (non-hydrogen) atoms. The highest BCUT2D eigenvalue weighted by molar-refractivity contribution is 7.89. The van der Waals surface area contributed by atoms with Crippen molar-refractivity contribution in [3.8, 4) is 0 Å². The first kappa shape index (κ1) is 16.5. The van der Waals surface area contributed by atoms with Crippen molar-refractivity contribution in [2.45, 2.75) is 37.5 Å². The zero-order valence-corrected chi connectivity index (χ0v) is 14.9. The molecule has 0 saturated heterocycles. The molecule has 0 unspecified atom stereocenters. The Hall–Kier alpha value is -1.98. The van der Waals surface area contributed by atoms with Crippen molar-refractivity contribution in [1.29, 1.82) is 0 Å². The number of rotatable bonds is 3. The number of nitrogens with two attached hydrogens (primary N) is 1. The Balaban J connectivity index is 1.79. The summed E-state index contributed by atoms with van der Waals surface area (Å²) in [6.07, 6.45) is 4.32. The lowest BCUT2D eigenvalue weighted by Crippen LogP contribution is -2.11. The van der Waals surface area contributed by atoms with Crippen LogP contribution in [0, 0.1) is 18.2 Å². The highest BCUT2D eigenvalue weighted by Gasteiger charge is 2.48. The van der Waals surface area contributed by atoms with E-state index >= 15 is 0 Å². The van der Waals surface area contributed by atoms with Crippen molar-refractivity contribution in [3.05, 3.63) is 65.0 Å². The standard InChI is InChI=1S/C20H20FNO2S/c1-13-2-3-15(10-19(13)21)18-12-20(8-9-20)11-17(18)14-4-6-16(7-5-14)25(22,23)24/h2-7,10H,8-9,11-12H2,1H3,(H2,22,23,24). The van der Waals surface area contributed by atoms with Gasteiger partial charge in [0.1, 0.15) is 5.82 Å². The van der Waals surface area contributed by atoms with Crippen molar-refractivity contribution in [1.82, 2.24) is 0 Å². The van der Waals surface area contributed by atoms with Crippen molar-refractivity contribution < 1.29 is 12.8 Å². The summed E-state index contributed by atoms with van der Waals surface area (Å²) in [5, 5.41) is 5.18. The quantitative estimate of drug-likeness (QED) is 0.892. The molecule has 2 aromatic rings. The minimum Gasteiger partial charge on any atom is -0.225 e. The van der Waals surface area contributed by atoms with E-state index in [1.807, 2.05) is 12.1 Å². The number of hydrogen-bond acceptors (Lipinski definition) is 2. The van der Waals surface area contributed by atoms with E-state index in [9.17, 15) is 12.8 Å². The second kappa shape index (κ2) is 5.51. The first-order valence-electron chi connectivity index (χ1n) is 8.39. The number of benzene rings is 2. The van der Waals surface area contributed by atoms with Gasteiger partial charge in [-0.2, -0.15) is 0 Å². The molecular formula is C20H20FNO2S. The van der Waals surface area contributed by atoms with Gasteiger partial charge in [0, 0.05) is 0 Å². The van der Waals surface area contributed by atoms with E-state index in [2.05, 4.69) is 0 Å². The number of primary sulfonamides is 1. The van der Waals surface area contributed by atoms with E-state index in [1.54, 1.807) is 37.3 Å². The molecule has 0 amide bonds. The Morgan fingerprint density at radius 3 is 2.04 bits per heavy atom. The van der Waals surface area contributed by atoms with Crippen LogP contribution in [0.15, 0.2) is 47.4 Å². The lowest BCUT2D eigenvalue weighted by atomic mass is 9.96. The third-order valence-electron chi connectivity index (χ3n) is 5.48. The van der Waals surface area contributed by atoms with Gasteiger partial charge in [-0.15, -0.1) is 0 Å². The molecule has 2 aliphatic rings.